The maximum Gasteiger partial charge on any atom is 0.323 e. The van der Waals surface area contributed by atoms with E-state index < -0.39 is 6.03 Å². The van der Waals surface area contributed by atoms with Crippen LogP contribution in [-0.4, -0.2) is 6.03 Å². The van der Waals surface area contributed by atoms with Gasteiger partial charge in [-0.3, -0.25) is 5.32 Å². The summed E-state index contributed by atoms with van der Waals surface area (Å²) in [5.41, 5.74) is 4.75. The van der Waals surface area contributed by atoms with Gasteiger partial charge in [-0.25, -0.2) is 4.79 Å². The van der Waals surface area contributed by atoms with E-state index in [0.29, 0.717) is 0 Å². The third-order valence-electron chi connectivity index (χ3n) is 0.929. The molecule has 0 atom stereocenters. The Balaban J connectivity index is 3.23. The topological polar surface area (TPSA) is 55.1 Å². The van der Waals surface area contributed by atoms with Crippen molar-refractivity contribution in [1.82, 2.24) is 5.32 Å². The van der Waals surface area contributed by atoms with Gasteiger partial charge in [0.25, 0.3) is 0 Å². The van der Waals surface area contributed by atoms with Crippen LogP contribution in [0.25, 0.3) is 0 Å². The van der Waals surface area contributed by atoms with Crippen molar-refractivity contribution in [3.05, 3.63) is 0 Å². The number of rotatable bonds is 2. The molecular weight excluding hydrogens is 128 g/mol. The lowest BCUT2D eigenvalue weighted by atomic mass is 10.3. The molecule has 0 aliphatic carbocycles. The summed E-state index contributed by atoms with van der Waals surface area (Å²) in [6.45, 7) is 2.09. The fourth-order valence-corrected chi connectivity index (χ4v) is 0.433. The maximum absolute atomic E-state index is 10.0. The quantitative estimate of drug-likeness (QED) is 0.333. The van der Waals surface area contributed by atoms with Crippen molar-refractivity contribution < 1.29 is 4.79 Å². The zero-order chi connectivity index (χ0) is 7.82. The normalized spacial score (nSPS) is 7.70. The number of urea groups is 1. The first kappa shape index (κ1) is 8.83. The summed E-state index contributed by atoms with van der Waals surface area (Å²) < 4.78 is 0. The zero-order valence-corrected chi connectivity index (χ0v) is 6.11. The van der Waals surface area contributed by atoms with Crippen LogP contribution in [0.2, 0.25) is 0 Å². The molecule has 0 bridgehead atoms. The van der Waals surface area contributed by atoms with Crippen LogP contribution in [0, 0.1) is 12.0 Å². The highest BCUT2D eigenvalue weighted by Gasteiger charge is 1.80. The molecule has 0 saturated carbocycles. The summed E-state index contributed by atoms with van der Waals surface area (Å²) in [5.74, 6) is 2.76. The fraction of sp³-hybridized carbons (Fsp3) is 0.571. The molecule has 0 fully saturated rings. The molecular formula is C7H12N2O. The van der Waals surface area contributed by atoms with E-state index in [0.717, 1.165) is 19.3 Å². The molecule has 3 N–H and O–H groups in total. The van der Waals surface area contributed by atoms with Gasteiger partial charge in [-0.15, -0.1) is 0 Å². The summed E-state index contributed by atoms with van der Waals surface area (Å²) in [6, 6.07) is 1.85. The first-order valence-corrected chi connectivity index (χ1v) is 3.30. The average molecular weight is 140 g/mol. The Bertz CT molecular complexity index is 155. The van der Waals surface area contributed by atoms with Crippen molar-refractivity contribution in [3.8, 4) is 12.0 Å². The Hall–Kier alpha value is -1.17. The SMILES string of the molecule is CCCCC#CNC(N)=O. The first-order chi connectivity index (χ1) is 4.77. The van der Waals surface area contributed by atoms with Gasteiger partial charge in [0.1, 0.15) is 0 Å². The van der Waals surface area contributed by atoms with E-state index in [1.807, 2.05) is 0 Å². The number of carbonyl (C=O) groups excluding carboxylic acids is 1. The van der Waals surface area contributed by atoms with Crippen LogP contribution in [0.4, 0.5) is 4.79 Å². The van der Waals surface area contributed by atoms with Crippen LogP contribution >= 0.6 is 0 Å². The molecule has 0 aromatic rings. The second kappa shape index (κ2) is 5.96. The zero-order valence-electron chi connectivity index (χ0n) is 6.11. The van der Waals surface area contributed by atoms with Gasteiger partial charge in [-0.1, -0.05) is 19.3 Å². The Morgan fingerprint density at radius 3 is 2.90 bits per heavy atom. The summed E-state index contributed by atoms with van der Waals surface area (Å²) in [5, 5.41) is 2.18. The first-order valence-electron chi connectivity index (χ1n) is 3.30. The number of hydrogen-bond donors (Lipinski definition) is 2. The largest absolute Gasteiger partial charge is 0.351 e. The highest BCUT2D eigenvalue weighted by molar-refractivity contribution is 5.73. The number of carbonyl (C=O) groups is 1. The van der Waals surface area contributed by atoms with Crippen LogP contribution in [0.1, 0.15) is 26.2 Å². The molecule has 0 aliphatic rings. The maximum atomic E-state index is 10.0. The molecule has 0 aromatic carbocycles. The van der Waals surface area contributed by atoms with Crippen molar-refractivity contribution >= 4 is 6.03 Å². The van der Waals surface area contributed by atoms with E-state index in [-0.39, 0.29) is 0 Å². The van der Waals surface area contributed by atoms with E-state index >= 15 is 0 Å². The highest BCUT2D eigenvalue weighted by Crippen LogP contribution is 1.89. The summed E-state index contributed by atoms with van der Waals surface area (Å²) in [6.07, 6.45) is 3.00. The molecule has 0 heterocycles. The van der Waals surface area contributed by atoms with Crippen molar-refractivity contribution in [2.75, 3.05) is 0 Å². The Kier molecular flexibility index (Phi) is 5.26. The highest BCUT2D eigenvalue weighted by atomic mass is 16.2. The van der Waals surface area contributed by atoms with Gasteiger partial charge in [0.05, 0.1) is 0 Å². The number of unbranched alkanes of at least 4 members (excludes halogenated alkanes) is 2. The van der Waals surface area contributed by atoms with Crippen molar-refractivity contribution in [1.29, 1.82) is 0 Å². The Morgan fingerprint density at radius 1 is 1.70 bits per heavy atom. The van der Waals surface area contributed by atoms with Crippen molar-refractivity contribution in [2.45, 2.75) is 26.2 Å². The van der Waals surface area contributed by atoms with Gasteiger partial charge in [-0.05, 0) is 6.42 Å². The molecule has 0 aromatic heterocycles. The predicted octanol–water partition coefficient (Wildman–Crippen LogP) is 0.806. The van der Waals surface area contributed by atoms with Gasteiger partial charge in [0.15, 0.2) is 0 Å². The minimum Gasteiger partial charge on any atom is -0.351 e. The Morgan fingerprint density at radius 2 is 2.40 bits per heavy atom. The van der Waals surface area contributed by atoms with E-state index in [9.17, 15) is 4.79 Å². The van der Waals surface area contributed by atoms with Gasteiger partial charge in [0, 0.05) is 12.5 Å². The fourth-order valence-electron chi connectivity index (χ4n) is 0.433. The lowest BCUT2D eigenvalue weighted by molar-refractivity contribution is 0.252. The Labute approximate surface area is 61.0 Å². The van der Waals surface area contributed by atoms with Crippen molar-refractivity contribution in [2.24, 2.45) is 5.73 Å². The lowest BCUT2D eigenvalue weighted by Gasteiger charge is -1.85. The van der Waals surface area contributed by atoms with Crippen LogP contribution in [-0.2, 0) is 0 Å². The summed E-state index contributed by atoms with van der Waals surface area (Å²) in [7, 11) is 0. The number of hydrogen-bond acceptors (Lipinski definition) is 1. The second-order valence-corrected chi connectivity index (χ2v) is 1.89. The minimum absolute atomic E-state index is 0.594. The predicted molar refractivity (Wildman–Crippen MR) is 40.0 cm³/mol. The number of nitrogens with one attached hydrogen (secondary N) is 1. The summed E-state index contributed by atoms with van der Waals surface area (Å²) in [4.78, 5) is 10.0. The van der Waals surface area contributed by atoms with Gasteiger partial charge < -0.3 is 5.73 Å². The molecule has 0 aliphatic heterocycles. The minimum atomic E-state index is -0.594. The van der Waals surface area contributed by atoms with Crippen molar-refractivity contribution in [3.63, 3.8) is 0 Å². The van der Waals surface area contributed by atoms with E-state index in [4.69, 9.17) is 5.73 Å². The monoisotopic (exact) mass is 140 g/mol. The molecule has 3 heteroatoms. The van der Waals surface area contributed by atoms with Crippen LogP contribution in [0.15, 0.2) is 0 Å². The van der Waals surface area contributed by atoms with Gasteiger partial charge in [-0.2, -0.15) is 0 Å². The average Bonchev–Trinajstić information content (AvgIpc) is 1.87. The smallest absolute Gasteiger partial charge is 0.323 e. The van der Waals surface area contributed by atoms with Crippen LogP contribution in [0.5, 0.6) is 0 Å². The van der Waals surface area contributed by atoms with Crippen LogP contribution < -0.4 is 11.1 Å². The number of nitrogens with two attached hydrogens (primary N) is 1. The van der Waals surface area contributed by atoms with E-state index in [2.05, 4.69) is 24.2 Å². The lowest BCUT2D eigenvalue weighted by Crippen LogP contribution is -2.24. The molecule has 0 rings (SSSR count). The molecule has 0 saturated heterocycles. The van der Waals surface area contributed by atoms with Gasteiger partial charge in [0.2, 0.25) is 0 Å². The van der Waals surface area contributed by atoms with E-state index in [1.165, 1.54) is 0 Å². The number of amides is 2. The van der Waals surface area contributed by atoms with E-state index in [1.54, 1.807) is 0 Å². The van der Waals surface area contributed by atoms with Gasteiger partial charge >= 0.3 is 6.03 Å². The second-order valence-electron chi connectivity index (χ2n) is 1.89. The number of primary amides is 1. The standard InChI is InChI=1S/C7H12N2O/c1-2-3-4-5-6-9-7(8)10/h2-4H2,1H3,(H3,8,9,10). The molecule has 10 heavy (non-hydrogen) atoms. The molecule has 2 amide bonds. The molecule has 0 unspecified atom stereocenters. The molecule has 0 spiro atoms. The summed E-state index contributed by atoms with van der Waals surface area (Å²) >= 11 is 0. The molecule has 3 nitrogen and oxygen atoms in total. The third kappa shape index (κ3) is 6.83. The molecule has 56 valence electrons. The van der Waals surface area contributed by atoms with Crippen LogP contribution in [0.3, 0.4) is 0 Å². The third-order valence-corrected chi connectivity index (χ3v) is 0.929. The molecule has 0 radical (unpaired) electrons.